The summed E-state index contributed by atoms with van der Waals surface area (Å²) in [5.74, 6) is 0.477. The SMILES string of the molecule is C[C@@H](N)c1ncno1. The fourth-order valence-corrected chi connectivity index (χ4v) is 0.382. The van der Waals surface area contributed by atoms with Crippen molar-refractivity contribution in [1.29, 1.82) is 0 Å². The highest BCUT2D eigenvalue weighted by atomic mass is 16.5. The van der Waals surface area contributed by atoms with Crippen molar-refractivity contribution in [2.75, 3.05) is 0 Å². The molecule has 8 heavy (non-hydrogen) atoms. The third kappa shape index (κ3) is 0.840. The summed E-state index contributed by atoms with van der Waals surface area (Å²) in [6.07, 6.45) is 1.33. The molecule has 0 amide bonds. The number of nitrogens with two attached hydrogens (primary N) is 1. The Balaban J connectivity index is 2.77. The molecule has 0 radical (unpaired) electrons. The van der Waals surface area contributed by atoms with E-state index < -0.39 is 0 Å². The summed E-state index contributed by atoms with van der Waals surface area (Å²) in [5.41, 5.74) is 5.36. The van der Waals surface area contributed by atoms with Gasteiger partial charge in [-0.1, -0.05) is 5.16 Å². The Labute approximate surface area is 46.7 Å². The standard InChI is InChI=1S/C4H7N3O/c1-3(5)4-6-2-7-8-4/h2-3H,5H2,1H3/t3-/m1/s1. The molecule has 0 bridgehead atoms. The molecule has 2 N–H and O–H groups in total. The van der Waals surface area contributed by atoms with Crippen LogP contribution in [-0.2, 0) is 0 Å². The maximum absolute atomic E-state index is 5.36. The number of hydrogen-bond donors (Lipinski definition) is 1. The molecule has 0 aliphatic heterocycles. The second kappa shape index (κ2) is 1.92. The van der Waals surface area contributed by atoms with Crippen molar-refractivity contribution in [3.8, 4) is 0 Å². The van der Waals surface area contributed by atoms with Gasteiger partial charge in [0.1, 0.15) is 0 Å². The van der Waals surface area contributed by atoms with Crippen LogP contribution in [0.1, 0.15) is 18.9 Å². The molecule has 1 aromatic rings. The van der Waals surface area contributed by atoms with Crippen LogP contribution in [0.2, 0.25) is 0 Å². The summed E-state index contributed by atoms with van der Waals surface area (Å²) in [7, 11) is 0. The second-order valence-electron chi connectivity index (χ2n) is 1.57. The van der Waals surface area contributed by atoms with Crippen molar-refractivity contribution in [1.82, 2.24) is 10.1 Å². The second-order valence-corrected chi connectivity index (χ2v) is 1.57. The van der Waals surface area contributed by atoms with Crippen LogP contribution < -0.4 is 5.73 Å². The van der Waals surface area contributed by atoms with Gasteiger partial charge in [-0.25, -0.2) is 0 Å². The van der Waals surface area contributed by atoms with Crippen LogP contribution in [0.3, 0.4) is 0 Å². The van der Waals surface area contributed by atoms with E-state index in [-0.39, 0.29) is 6.04 Å². The van der Waals surface area contributed by atoms with Crippen molar-refractivity contribution in [2.24, 2.45) is 5.73 Å². The zero-order valence-electron chi connectivity index (χ0n) is 4.53. The van der Waals surface area contributed by atoms with Gasteiger partial charge in [-0.05, 0) is 6.92 Å². The molecule has 0 saturated carbocycles. The molecule has 44 valence electrons. The van der Waals surface area contributed by atoms with Gasteiger partial charge >= 0.3 is 0 Å². The van der Waals surface area contributed by atoms with Gasteiger partial charge in [-0.3, -0.25) is 0 Å². The minimum absolute atomic E-state index is 0.155. The quantitative estimate of drug-likeness (QED) is 0.560. The molecule has 0 aromatic carbocycles. The number of rotatable bonds is 1. The highest BCUT2D eigenvalue weighted by Gasteiger charge is 2.02. The molecular formula is C4H7N3O. The van der Waals surface area contributed by atoms with E-state index in [9.17, 15) is 0 Å². The number of hydrogen-bond acceptors (Lipinski definition) is 4. The molecule has 1 atom stereocenters. The van der Waals surface area contributed by atoms with Gasteiger partial charge in [0, 0.05) is 0 Å². The zero-order valence-corrected chi connectivity index (χ0v) is 4.53. The fraction of sp³-hybridized carbons (Fsp3) is 0.500. The molecule has 0 aliphatic rings. The van der Waals surface area contributed by atoms with E-state index in [1.54, 1.807) is 6.92 Å². The molecule has 4 nitrogen and oxygen atoms in total. The molecule has 1 heterocycles. The molecule has 0 spiro atoms. The maximum Gasteiger partial charge on any atom is 0.242 e. The summed E-state index contributed by atoms with van der Waals surface area (Å²) in [4.78, 5) is 3.71. The summed E-state index contributed by atoms with van der Waals surface area (Å²) in [5, 5.41) is 3.38. The first-order chi connectivity index (χ1) is 3.80. The molecule has 4 heteroatoms. The normalized spacial score (nSPS) is 13.8. The summed E-state index contributed by atoms with van der Waals surface area (Å²) >= 11 is 0. The monoisotopic (exact) mass is 113 g/mol. The lowest BCUT2D eigenvalue weighted by Gasteiger charge is -1.91. The first-order valence-electron chi connectivity index (χ1n) is 2.33. The van der Waals surface area contributed by atoms with Crippen LogP contribution >= 0.6 is 0 Å². The Morgan fingerprint density at radius 3 is 2.88 bits per heavy atom. The van der Waals surface area contributed by atoms with Crippen molar-refractivity contribution in [3.05, 3.63) is 12.2 Å². The zero-order chi connectivity index (χ0) is 5.98. The van der Waals surface area contributed by atoms with E-state index in [0.717, 1.165) is 0 Å². The maximum atomic E-state index is 5.36. The molecule has 1 rings (SSSR count). The lowest BCUT2D eigenvalue weighted by molar-refractivity contribution is 0.361. The fourth-order valence-electron chi connectivity index (χ4n) is 0.382. The Morgan fingerprint density at radius 2 is 2.62 bits per heavy atom. The lowest BCUT2D eigenvalue weighted by Crippen LogP contribution is -2.04. The minimum atomic E-state index is -0.155. The summed E-state index contributed by atoms with van der Waals surface area (Å²) in [6, 6.07) is -0.155. The van der Waals surface area contributed by atoms with E-state index >= 15 is 0 Å². The van der Waals surface area contributed by atoms with E-state index in [0.29, 0.717) is 5.89 Å². The first kappa shape index (κ1) is 5.24. The highest BCUT2D eigenvalue weighted by Crippen LogP contribution is 2.00. The Morgan fingerprint density at radius 1 is 1.88 bits per heavy atom. The van der Waals surface area contributed by atoms with Gasteiger partial charge in [0.15, 0.2) is 6.33 Å². The van der Waals surface area contributed by atoms with Crippen molar-refractivity contribution in [2.45, 2.75) is 13.0 Å². The Kier molecular flexibility index (Phi) is 1.26. The van der Waals surface area contributed by atoms with Crippen molar-refractivity contribution in [3.63, 3.8) is 0 Å². The van der Waals surface area contributed by atoms with Gasteiger partial charge in [-0.2, -0.15) is 4.98 Å². The molecule has 0 aliphatic carbocycles. The minimum Gasteiger partial charge on any atom is -0.338 e. The summed E-state index contributed by atoms with van der Waals surface area (Å²) < 4.78 is 4.61. The van der Waals surface area contributed by atoms with E-state index in [2.05, 4.69) is 14.7 Å². The van der Waals surface area contributed by atoms with Crippen LogP contribution in [0.5, 0.6) is 0 Å². The van der Waals surface area contributed by atoms with Crippen LogP contribution in [0.15, 0.2) is 10.9 Å². The van der Waals surface area contributed by atoms with Crippen molar-refractivity contribution < 1.29 is 4.52 Å². The van der Waals surface area contributed by atoms with Gasteiger partial charge in [0.05, 0.1) is 6.04 Å². The highest BCUT2D eigenvalue weighted by molar-refractivity contribution is 4.80. The molecule has 1 aromatic heterocycles. The average molecular weight is 113 g/mol. The lowest BCUT2D eigenvalue weighted by atomic mass is 10.4. The predicted molar refractivity (Wildman–Crippen MR) is 26.9 cm³/mol. The van der Waals surface area contributed by atoms with Crippen LogP contribution in [0.4, 0.5) is 0 Å². The largest absolute Gasteiger partial charge is 0.338 e. The summed E-state index contributed by atoms with van der Waals surface area (Å²) in [6.45, 7) is 1.79. The van der Waals surface area contributed by atoms with Gasteiger partial charge in [0.2, 0.25) is 5.89 Å². The molecule has 0 saturated heterocycles. The van der Waals surface area contributed by atoms with Gasteiger partial charge in [-0.15, -0.1) is 0 Å². The third-order valence-corrected chi connectivity index (χ3v) is 0.768. The van der Waals surface area contributed by atoms with Gasteiger partial charge in [0.25, 0.3) is 0 Å². The Hall–Kier alpha value is -0.900. The van der Waals surface area contributed by atoms with Crippen LogP contribution in [0.25, 0.3) is 0 Å². The molecular weight excluding hydrogens is 106 g/mol. The van der Waals surface area contributed by atoms with Gasteiger partial charge < -0.3 is 10.3 Å². The van der Waals surface area contributed by atoms with E-state index in [4.69, 9.17) is 5.73 Å². The Bertz CT molecular complexity index is 146. The van der Waals surface area contributed by atoms with Crippen molar-refractivity contribution >= 4 is 0 Å². The average Bonchev–Trinajstić information content (AvgIpc) is 2.12. The third-order valence-electron chi connectivity index (χ3n) is 0.768. The first-order valence-corrected chi connectivity index (χ1v) is 2.33. The number of aromatic nitrogens is 2. The predicted octanol–water partition coefficient (Wildman–Crippen LogP) is 0.0893. The van der Waals surface area contributed by atoms with Crippen LogP contribution in [0, 0.1) is 0 Å². The molecule has 0 unspecified atom stereocenters. The van der Waals surface area contributed by atoms with E-state index in [1.165, 1.54) is 6.33 Å². The topological polar surface area (TPSA) is 64.9 Å². The molecule has 0 fully saturated rings. The van der Waals surface area contributed by atoms with E-state index in [1.807, 2.05) is 0 Å². The van der Waals surface area contributed by atoms with Crippen LogP contribution in [-0.4, -0.2) is 10.1 Å². The number of nitrogens with zero attached hydrogens (tertiary/aromatic N) is 2. The smallest absolute Gasteiger partial charge is 0.242 e.